The van der Waals surface area contributed by atoms with E-state index in [-0.39, 0.29) is 6.61 Å². The first-order valence-electron chi connectivity index (χ1n) is 11.6. The zero-order chi connectivity index (χ0) is 22.6. The Kier molecular flexibility index (Phi) is 10.2. The van der Waals surface area contributed by atoms with Crippen molar-refractivity contribution in [2.75, 3.05) is 29.9 Å². The number of rotatable bonds is 5. The van der Waals surface area contributed by atoms with E-state index in [1.807, 2.05) is 37.8 Å². The molecule has 1 aliphatic heterocycles. The fourth-order valence-corrected chi connectivity index (χ4v) is 3.60. The summed E-state index contributed by atoms with van der Waals surface area (Å²) in [6.45, 7) is 11.0. The molecule has 0 bridgehead atoms. The molecule has 3 aromatic heterocycles. The van der Waals surface area contributed by atoms with Gasteiger partial charge in [-0.2, -0.15) is 9.61 Å². The van der Waals surface area contributed by atoms with Crippen molar-refractivity contribution in [3.05, 3.63) is 47.9 Å². The van der Waals surface area contributed by atoms with Crippen LogP contribution in [0.25, 0.3) is 5.65 Å². The van der Waals surface area contributed by atoms with E-state index in [9.17, 15) is 0 Å². The van der Waals surface area contributed by atoms with E-state index in [0.717, 1.165) is 43.3 Å². The van der Waals surface area contributed by atoms with Crippen molar-refractivity contribution in [3.8, 4) is 0 Å². The van der Waals surface area contributed by atoms with Gasteiger partial charge in [-0.15, -0.1) is 0 Å². The largest absolute Gasteiger partial charge is 0.397 e. The molecule has 0 atom stereocenters. The number of hydrogen-bond acceptors (Lipinski definition) is 5. The van der Waals surface area contributed by atoms with Crippen molar-refractivity contribution in [1.82, 2.24) is 14.6 Å². The number of hydrogen-bond donors (Lipinski definition) is 2. The highest BCUT2D eigenvalue weighted by Crippen LogP contribution is 2.24. The van der Waals surface area contributed by atoms with Crippen LogP contribution in [0.4, 0.5) is 11.6 Å². The smallest absolute Gasteiger partial charge is 0.173 e. The second kappa shape index (κ2) is 12.9. The minimum atomic E-state index is 0.250. The van der Waals surface area contributed by atoms with E-state index >= 15 is 0 Å². The molecule has 3 aromatic rings. The minimum Gasteiger partial charge on any atom is -0.397 e. The topological polar surface area (TPSA) is 69.6 Å². The van der Waals surface area contributed by atoms with Crippen molar-refractivity contribution < 1.29 is 9.67 Å². The number of anilines is 2. The van der Waals surface area contributed by atoms with Crippen molar-refractivity contribution in [2.24, 2.45) is 7.05 Å². The maximum Gasteiger partial charge on any atom is 0.173 e. The number of pyridine rings is 1. The first kappa shape index (κ1) is 24.6. The number of aliphatic hydroxyl groups is 1. The van der Waals surface area contributed by atoms with Crippen LogP contribution in [0.5, 0.6) is 0 Å². The van der Waals surface area contributed by atoms with E-state index in [4.69, 9.17) is 10.1 Å². The van der Waals surface area contributed by atoms with Crippen LogP contribution >= 0.6 is 0 Å². The molecule has 7 nitrogen and oxygen atoms in total. The Bertz CT molecular complexity index is 918. The molecule has 0 saturated carbocycles. The van der Waals surface area contributed by atoms with Gasteiger partial charge in [0.25, 0.3) is 0 Å². The molecule has 0 spiro atoms. The summed E-state index contributed by atoms with van der Waals surface area (Å²) in [4.78, 5) is 7.35. The Hall–Kier alpha value is -2.67. The van der Waals surface area contributed by atoms with Crippen LogP contribution in [-0.2, 0) is 20.0 Å². The SMILES string of the molecule is CC.CCO.CCc1cnn2c(NCc3ccc[n+](C)c3)cc(N3CCCCC3)nc12. The maximum absolute atomic E-state index is 7.57. The summed E-state index contributed by atoms with van der Waals surface area (Å²) in [6.07, 6.45) is 10.9. The predicted octanol–water partition coefficient (Wildman–Crippen LogP) is 3.74. The van der Waals surface area contributed by atoms with Gasteiger partial charge in [-0.25, -0.2) is 9.55 Å². The third-order valence-corrected chi connectivity index (χ3v) is 5.07. The summed E-state index contributed by atoms with van der Waals surface area (Å²) in [7, 11) is 2.05. The molecule has 1 fully saturated rings. The highest BCUT2D eigenvalue weighted by atomic mass is 16.2. The number of aromatic nitrogens is 4. The quantitative estimate of drug-likeness (QED) is 0.607. The van der Waals surface area contributed by atoms with Gasteiger partial charge in [0.1, 0.15) is 18.7 Å². The highest BCUT2D eigenvalue weighted by molar-refractivity contribution is 5.61. The zero-order valence-corrected chi connectivity index (χ0v) is 19.8. The van der Waals surface area contributed by atoms with E-state index in [2.05, 4.69) is 51.2 Å². The Labute approximate surface area is 186 Å². The molecule has 1 aliphatic rings. The maximum atomic E-state index is 7.57. The molecule has 1 saturated heterocycles. The number of nitrogens with zero attached hydrogens (tertiary/aromatic N) is 5. The monoisotopic (exact) mass is 427 g/mol. The van der Waals surface area contributed by atoms with E-state index in [1.54, 1.807) is 6.92 Å². The molecule has 0 aliphatic carbocycles. The van der Waals surface area contributed by atoms with Crippen LogP contribution < -0.4 is 14.8 Å². The number of piperidine rings is 1. The summed E-state index contributed by atoms with van der Waals surface area (Å²) < 4.78 is 4.01. The average Bonchev–Trinajstić information content (AvgIpc) is 3.23. The Morgan fingerprint density at radius 1 is 1.16 bits per heavy atom. The summed E-state index contributed by atoms with van der Waals surface area (Å²) in [5, 5.41) is 15.7. The summed E-state index contributed by atoms with van der Waals surface area (Å²) in [5.41, 5.74) is 3.40. The van der Waals surface area contributed by atoms with Crippen LogP contribution in [0, 0.1) is 0 Å². The van der Waals surface area contributed by atoms with Gasteiger partial charge in [-0.1, -0.05) is 20.8 Å². The van der Waals surface area contributed by atoms with E-state index < -0.39 is 0 Å². The Balaban J connectivity index is 0.000000630. The van der Waals surface area contributed by atoms with Gasteiger partial charge >= 0.3 is 0 Å². The van der Waals surface area contributed by atoms with Crippen LogP contribution in [-0.4, -0.2) is 39.4 Å². The fourth-order valence-electron chi connectivity index (χ4n) is 3.60. The fraction of sp³-hybridized carbons (Fsp3) is 0.542. The molecular formula is C24H39N6O+. The van der Waals surface area contributed by atoms with E-state index in [0.29, 0.717) is 0 Å². The third kappa shape index (κ3) is 6.66. The number of aliphatic hydroxyl groups excluding tert-OH is 1. The van der Waals surface area contributed by atoms with Crippen LogP contribution in [0.2, 0.25) is 0 Å². The summed E-state index contributed by atoms with van der Waals surface area (Å²) in [6, 6.07) is 6.35. The molecule has 0 aromatic carbocycles. The average molecular weight is 428 g/mol. The van der Waals surface area contributed by atoms with Gasteiger partial charge in [0.05, 0.1) is 6.20 Å². The lowest BCUT2D eigenvalue weighted by Crippen LogP contribution is -2.30. The van der Waals surface area contributed by atoms with Crippen LogP contribution in [0.1, 0.15) is 58.1 Å². The third-order valence-electron chi connectivity index (χ3n) is 5.07. The molecule has 170 valence electrons. The molecule has 2 N–H and O–H groups in total. The Morgan fingerprint density at radius 2 is 1.87 bits per heavy atom. The van der Waals surface area contributed by atoms with Gasteiger partial charge in [-0.05, 0) is 38.7 Å². The first-order valence-corrected chi connectivity index (χ1v) is 11.6. The molecule has 0 amide bonds. The highest BCUT2D eigenvalue weighted by Gasteiger charge is 2.17. The van der Waals surface area contributed by atoms with E-state index in [1.165, 1.54) is 30.4 Å². The lowest BCUT2D eigenvalue weighted by atomic mass is 10.1. The van der Waals surface area contributed by atoms with Gasteiger partial charge in [0.2, 0.25) is 0 Å². The van der Waals surface area contributed by atoms with Crippen LogP contribution in [0.3, 0.4) is 0 Å². The second-order valence-electron chi connectivity index (χ2n) is 7.35. The van der Waals surface area contributed by atoms with Gasteiger partial charge in [0.15, 0.2) is 18.0 Å². The lowest BCUT2D eigenvalue weighted by Gasteiger charge is -2.28. The zero-order valence-electron chi connectivity index (χ0n) is 19.8. The molecule has 4 rings (SSSR count). The van der Waals surface area contributed by atoms with Gasteiger partial charge < -0.3 is 15.3 Å². The summed E-state index contributed by atoms with van der Waals surface area (Å²) in [5.74, 6) is 2.07. The minimum absolute atomic E-state index is 0.250. The second-order valence-corrected chi connectivity index (χ2v) is 7.35. The number of fused-ring (bicyclic) bond motifs is 1. The van der Waals surface area contributed by atoms with Crippen molar-refractivity contribution in [2.45, 2.75) is 59.9 Å². The van der Waals surface area contributed by atoms with Gasteiger partial charge in [0, 0.05) is 49.5 Å². The standard InChI is InChI=1S/C20H27N6.C2H6O.C2H6/c1-3-17-14-22-26-18(21-13-16-8-7-9-24(2)15-16)12-19(23-20(17)26)25-10-5-4-6-11-25;1-2-3;1-2/h7-9,12,14-15,21H,3-6,10-11,13H2,1-2H3;3H,2H2,1H3;1-2H3/q+1;;. The number of aryl methyl sites for hydroxylation is 2. The van der Waals surface area contributed by atoms with Gasteiger partial charge in [-0.3, -0.25) is 0 Å². The first-order chi connectivity index (χ1) is 15.2. The molecule has 0 radical (unpaired) electrons. The van der Waals surface area contributed by atoms with Crippen molar-refractivity contribution >= 4 is 17.3 Å². The molecule has 0 unspecified atom stereocenters. The van der Waals surface area contributed by atoms with Crippen molar-refractivity contribution in [1.29, 1.82) is 0 Å². The summed E-state index contributed by atoms with van der Waals surface area (Å²) >= 11 is 0. The Morgan fingerprint density at radius 3 is 2.52 bits per heavy atom. The predicted molar refractivity (Wildman–Crippen MR) is 127 cm³/mol. The molecule has 7 heteroatoms. The number of nitrogens with one attached hydrogen (secondary N) is 1. The van der Waals surface area contributed by atoms with Crippen molar-refractivity contribution in [3.63, 3.8) is 0 Å². The van der Waals surface area contributed by atoms with Crippen LogP contribution in [0.15, 0.2) is 36.8 Å². The molecular weight excluding hydrogens is 388 g/mol. The lowest BCUT2D eigenvalue weighted by molar-refractivity contribution is -0.671. The normalized spacial score (nSPS) is 13.2. The molecule has 31 heavy (non-hydrogen) atoms. The molecule has 4 heterocycles.